The van der Waals surface area contributed by atoms with Crippen LogP contribution in [0.25, 0.3) is 0 Å². The van der Waals surface area contributed by atoms with Gasteiger partial charge >= 0.3 is 5.97 Å². The molecule has 1 atom stereocenters. The number of esters is 1. The van der Waals surface area contributed by atoms with Gasteiger partial charge in [0.1, 0.15) is 17.5 Å². The molecule has 1 amide bonds. The molecule has 2 rings (SSSR count). The third kappa shape index (κ3) is 5.72. The van der Waals surface area contributed by atoms with Gasteiger partial charge in [-0.25, -0.2) is 4.79 Å². The van der Waals surface area contributed by atoms with E-state index in [1.165, 1.54) is 31.0 Å². The molecule has 0 bridgehead atoms. The lowest BCUT2D eigenvalue weighted by Crippen LogP contribution is -2.43. The van der Waals surface area contributed by atoms with Crippen LogP contribution in [0.2, 0.25) is 0 Å². The van der Waals surface area contributed by atoms with Crippen molar-refractivity contribution in [3.63, 3.8) is 0 Å². The number of methoxy groups -OCH3 is 1. The molecule has 0 radical (unpaired) electrons. The van der Waals surface area contributed by atoms with Crippen molar-refractivity contribution in [1.82, 2.24) is 5.32 Å². The number of nitrogens with one attached hydrogen (secondary N) is 1. The summed E-state index contributed by atoms with van der Waals surface area (Å²) in [6, 6.07) is 12.5. The van der Waals surface area contributed by atoms with Crippen LogP contribution >= 0.6 is 11.8 Å². The number of thioether (sulfide) groups is 1. The van der Waals surface area contributed by atoms with Gasteiger partial charge in [-0.2, -0.15) is 11.8 Å². The minimum Gasteiger partial charge on any atom is -0.508 e. The molecule has 132 valence electrons. The summed E-state index contributed by atoms with van der Waals surface area (Å²) in [5.74, 6) is -0.591. The van der Waals surface area contributed by atoms with Crippen LogP contribution in [-0.4, -0.2) is 41.0 Å². The number of phenolic OH excluding ortho intramolecular Hbond substituents is 2. The fourth-order valence-electron chi connectivity index (χ4n) is 2.15. The molecule has 0 unspecified atom stereocenters. The van der Waals surface area contributed by atoms with Crippen molar-refractivity contribution in [3.8, 4) is 11.5 Å². The van der Waals surface area contributed by atoms with Gasteiger partial charge in [0, 0.05) is 23.1 Å². The van der Waals surface area contributed by atoms with E-state index in [9.17, 15) is 19.8 Å². The van der Waals surface area contributed by atoms with Crippen LogP contribution in [0, 0.1) is 0 Å². The Morgan fingerprint density at radius 1 is 1.12 bits per heavy atom. The summed E-state index contributed by atoms with van der Waals surface area (Å²) in [6.45, 7) is 0. The molecule has 0 aliphatic carbocycles. The quantitative estimate of drug-likeness (QED) is 0.655. The molecule has 6 nitrogen and oxygen atoms in total. The summed E-state index contributed by atoms with van der Waals surface area (Å²) in [4.78, 5) is 24.2. The van der Waals surface area contributed by atoms with E-state index in [1.807, 2.05) is 30.3 Å². The highest BCUT2D eigenvalue weighted by Gasteiger charge is 2.22. The lowest BCUT2D eigenvalue weighted by Gasteiger charge is -2.16. The predicted octanol–water partition coefficient (Wildman–Crippen LogP) is 2.30. The molecular formula is C18H19NO5S. The Bertz CT molecular complexity index is 715. The van der Waals surface area contributed by atoms with E-state index in [4.69, 9.17) is 4.74 Å². The van der Waals surface area contributed by atoms with E-state index in [0.29, 0.717) is 11.5 Å². The number of ether oxygens (including phenoxy) is 1. The molecule has 25 heavy (non-hydrogen) atoms. The van der Waals surface area contributed by atoms with Crippen LogP contribution in [0.1, 0.15) is 15.9 Å². The number of amides is 1. The minimum absolute atomic E-state index is 0.0551. The van der Waals surface area contributed by atoms with Gasteiger partial charge in [-0.05, 0) is 17.7 Å². The summed E-state index contributed by atoms with van der Waals surface area (Å²) in [5.41, 5.74) is 1.17. The number of hydrogen-bond donors (Lipinski definition) is 3. The summed E-state index contributed by atoms with van der Waals surface area (Å²) < 4.78 is 4.73. The Hall–Kier alpha value is -2.67. The Kier molecular flexibility index (Phi) is 6.71. The number of carbonyl (C=O) groups excluding carboxylic acids is 2. The van der Waals surface area contributed by atoms with Crippen molar-refractivity contribution in [2.45, 2.75) is 11.8 Å². The second-order valence-corrected chi connectivity index (χ2v) is 6.32. The van der Waals surface area contributed by atoms with Gasteiger partial charge in [0.25, 0.3) is 5.91 Å². The van der Waals surface area contributed by atoms with E-state index in [2.05, 4.69) is 5.32 Å². The van der Waals surface area contributed by atoms with E-state index >= 15 is 0 Å². The van der Waals surface area contributed by atoms with Gasteiger partial charge in [-0.15, -0.1) is 0 Å². The van der Waals surface area contributed by atoms with Crippen LogP contribution in [0.5, 0.6) is 11.5 Å². The first-order valence-corrected chi connectivity index (χ1v) is 8.68. The van der Waals surface area contributed by atoms with Gasteiger partial charge < -0.3 is 20.3 Å². The number of hydrogen-bond acceptors (Lipinski definition) is 6. The number of rotatable bonds is 7. The lowest BCUT2D eigenvalue weighted by atomic mass is 10.1. The zero-order valence-electron chi connectivity index (χ0n) is 13.6. The van der Waals surface area contributed by atoms with Gasteiger partial charge in [-0.1, -0.05) is 30.3 Å². The van der Waals surface area contributed by atoms with E-state index in [1.54, 1.807) is 0 Å². The molecule has 0 fully saturated rings. The standard InChI is InChI=1S/C18H19NO5S/c1-24-18(23)16(11-25-10-12-5-3-2-4-6-12)19-17(22)13-7-14(20)9-15(21)8-13/h2-9,16,20-21H,10-11H2,1H3,(H,19,22)/t16-/m0/s1. The first-order chi connectivity index (χ1) is 12.0. The predicted molar refractivity (Wildman–Crippen MR) is 95.6 cm³/mol. The minimum atomic E-state index is -0.837. The molecule has 0 heterocycles. The smallest absolute Gasteiger partial charge is 0.329 e. The number of benzene rings is 2. The summed E-state index contributed by atoms with van der Waals surface area (Å²) in [6.07, 6.45) is 0. The largest absolute Gasteiger partial charge is 0.508 e. The average molecular weight is 361 g/mol. The van der Waals surface area contributed by atoms with Gasteiger partial charge in [-0.3, -0.25) is 4.79 Å². The molecule has 0 aliphatic rings. The van der Waals surface area contributed by atoms with E-state index in [-0.39, 0.29) is 17.1 Å². The van der Waals surface area contributed by atoms with Crippen LogP contribution in [0.3, 0.4) is 0 Å². The summed E-state index contributed by atoms with van der Waals surface area (Å²) in [7, 11) is 1.25. The van der Waals surface area contributed by atoms with Crippen molar-refractivity contribution in [3.05, 3.63) is 59.7 Å². The normalized spacial score (nSPS) is 11.6. The molecule has 3 N–H and O–H groups in total. The first kappa shape index (κ1) is 18.7. The van der Waals surface area contributed by atoms with Crippen LogP contribution < -0.4 is 5.32 Å². The third-order valence-corrected chi connectivity index (χ3v) is 4.46. The maximum atomic E-state index is 12.3. The topological polar surface area (TPSA) is 95.9 Å². The third-order valence-electron chi connectivity index (χ3n) is 3.35. The molecule has 2 aromatic carbocycles. The molecule has 0 aliphatic heterocycles. The lowest BCUT2D eigenvalue weighted by molar-refractivity contribution is -0.142. The Morgan fingerprint density at radius 2 is 1.76 bits per heavy atom. The van der Waals surface area contributed by atoms with E-state index < -0.39 is 17.9 Å². The second kappa shape index (κ2) is 8.98. The van der Waals surface area contributed by atoms with Gasteiger partial charge in [0.2, 0.25) is 0 Å². The number of aromatic hydroxyl groups is 2. The zero-order valence-corrected chi connectivity index (χ0v) is 14.5. The van der Waals surface area contributed by atoms with Crippen molar-refractivity contribution >= 4 is 23.6 Å². The van der Waals surface area contributed by atoms with Crippen LogP contribution in [0.15, 0.2) is 48.5 Å². The van der Waals surface area contributed by atoms with Crippen molar-refractivity contribution in [1.29, 1.82) is 0 Å². The Morgan fingerprint density at radius 3 is 2.36 bits per heavy atom. The molecule has 2 aromatic rings. The highest BCUT2D eigenvalue weighted by Crippen LogP contribution is 2.20. The van der Waals surface area contributed by atoms with Gasteiger partial charge in [0.15, 0.2) is 0 Å². The molecule has 0 saturated carbocycles. The number of phenols is 2. The summed E-state index contributed by atoms with van der Waals surface area (Å²) >= 11 is 1.49. The molecular weight excluding hydrogens is 342 g/mol. The summed E-state index contributed by atoms with van der Waals surface area (Å²) in [5, 5.41) is 21.5. The maximum Gasteiger partial charge on any atom is 0.329 e. The van der Waals surface area contributed by atoms with Crippen molar-refractivity contribution in [2.75, 3.05) is 12.9 Å². The molecule has 0 aromatic heterocycles. The zero-order chi connectivity index (χ0) is 18.2. The fraction of sp³-hybridized carbons (Fsp3) is 0.222. The SMILES string of the molecule is COC(=O)[C@H](CSCc1ccccc1)NC(=O)c1cc(O)cc(O)c1. The number of carbonyl (C=O) groups is 2. The average Bonchev–Trinajstić information content (AvgIpc) is 2.60. The van der Waals surface area contributed by atoms with Crippen LogP contribution in [-0.2, 0) is 15.3 Å². The first-order valence-electron chi connectivity index (χ1n) is 7.53. The fourth-order valence-corrected chi connectivity index (χ4v) is 3.15. The van der Waals surface area contributed by atoms with E-state index in [0.717, 1.165) is 11.6 Å². The molecule has 0 saturated heterocycles. The monoisotopic (exact) mass is 361 g/mol. The maximum absolute atomic E-state index is 12.3. The highest BCUT2D eigenvalue weighted by atomic mass is 32.2. The second-order valence-electron chi connectivity index (χ2n) is 5.29. The van der Waals surface area contributed by atoms with Crippen molar-refractivity contribution < 1.29 is 24.5 Å². The van der Waals surface area contributed by atoms with Gasteiger partial charge in [0.05, 0.1) is 7.11 Å². The van der Waals surface area contributed by atoms with Crippen molar-refractivity contribution in [2.24, 2.45) is 0 Å². The Balaban J connectivity index is 1.99. The molecule has 0 spiro atoms. The Labute approximate surface area is 149 Å². The molecule has 7 heteroatoms. The van der Waals surface area contributed by atoms with Crippen LogP contribution in [0.4, 0.5) is 0 Å². The highest BCUT2D eigenvalue weighted by molar-refractivity contribution is 7.98.